The summed E-state index contributed by atoms with van der Waals surface area (Å²) >= 11 is 0. The fourth-order valence-corrected chi connectivity index (χ4v) is 3.49. The van der Waals surface area contributed by atoms with Gasteiger partial charge in [-0.25, -0.2) is 0 Å². The Morgan fingerprint density at radius 2 is 1.59 bits per heavy atom. The molecule has 22 heavy (non-hydrogen) atoms. The number of rotatable bonds is 6. The second-order valence-corrected chi connectivity index (χ2v) is 6.16. The first-order valence-electron chi connectivity index (χ1n) is 8.27. The molecule has 1 saturated heterocycles. The SMILES string of the molecule is NCCC1CCC(CCc2ccc(CO)c3ccccc23)O1. The molecule has 3 N–H and O–H groups in total. The number of hydrogen-bond donors (Lipinski definition) is 2. The molecule has 118 valence electrons. The van der Waals surface area contributed by atoms with Crippen LogP contribution in [-0.4, -0.2) is 23.9 Å². The number of aliphatic hydroxyl groups is 1. The second kappa shape index (κ2) is 7.23. The van der Waals surface area contributed by atoms with Gasteiger partial charge in [0.15, 0.2) is 0 Å². The van der Waals surface area contributed by atoms with Gasteiger partial charge in [0.05, 0.1) is 18.8 Å². The second-order valence-electron chi connectivity index (χ2n) is 6.16. The van der Waals surface area contributed by atoms with Gasteiger partial charge in [0, 0.05) is 0 Å². The van der Waals surface area contributed by atoms with Crippen molar-refractivity contribution in [3.8, 4) is 0 Å². The van der Waals surface area contributed by atoms with Crippen LogP contribution in [0.1, 0.15) is 36.8 Å². The lowest BCUT2D eigenvalue weighted by molar-refractivity contribution is 0.0378. The molecule has 0 bridgehead atoms. The maximum Gasteiger partial charge on any atom is 0.0687 e. The van der Waals surface area contributed by atoms with Crippen molar-refractivity contribution in [3.05, 3.63) is 47.5 Å². The number of nitrogens with two attached hydrogens (primary N) is 1. The summed E-state index contributed by atoms with van der Waals surface area (Å²) in [7, 11) is 0. The van der Waals surface area contributed by atoms with Crippen molar-refractivity contribution in [2.75, 3.05) is 6.54 Å². The number of hydrogen-bond acceptors (Lipinski definition) is 3. The van der Waals surface area contributed by atoms with Crippen LogP contribution in [0.2, 0.25) is 0 Å². The van der Waals surface area contributed by atoms with E-state index >= 15 is 0 Å². The van der Waals surface area contributed by atoms with Crippen LogP contribution in [-0.2, 0) is 17.8 Å². The van der Waals surface area contributed by atoms with Crippen LogP contribution in [0.4, 0.5) is 0 Å². The average Bonchev–Trinajstić information content (AvgIpc) is 3.00. The Balaban J connectivity index is 1.70. The summed E-state index contributed by atoms with van der Waals surface area (Å²) in [5.74, 6) is 0. The highest BCUT2D eigenvalue weighted by Crippen LogP contribution is 2.28. The third kappa shape index (κ3) is 3.32. The van der Waals surface area contributed by atoms with Gasteiger partial charge in [-0.15, -0.1) is 0 Å². The lowest BCUT2D eigenvalue weighted by Crippen LogP contribution is -2.15. The van der Waals surface area contributed by atoms with Gasteiger partial charge in [0.1, 0.15) is 0 Å². The minimum absolute atomic E-state index is 0.0906. The first-order chi connectivity index (χ1) is 10.8. The summed E-state index contributed by atoms with van der Waals surface area (Å²) in [5, 5.41) is 11.9. The number of fused-ring (bicyclic) bond motifs is 1. The third-order valence-corrected chi connectivity index (χ3v) is 4.69. The van der Waals surface area contributed by atoms with E-state index in [0.29, 0.717) is 18.8 Å². The van der Waals surface area contributed by atoms with Crippen molar-refractivity contribution in [1.82, 2.24) is 0 Å². The number of aryl methyl sites for hydroxylation is 1. The topological polar surface area (TPSA) is 55.5 Å². The standard InChI is InChI=1S/C19H25NO2/c20-12-11-17-10-9-16(22-17)8-7-14-5-6-15(13-21)19-4-2-1-3-18(14)19/h1-6,16-17,21H,7-13,20H2. The molecular formula is C19H25NO2. The van der Waals surface area contributed by atoms with E-state index in [2.05, 4.69) is 24.3 Å². The molecule has 2 unspecified atom stereocenters. The number of ether oxygens (including phenoxy) is 1. The summed E-state index contributed by atoms with van der Waals surface area (Å²) in [4.78, 5) is 0. The van der Waals surface area contributed by atoms with Crippen molar-refractivity contribution in [2.45, 2.75) is 50.9 Å². The van der Waals surface area contributed by atoms with Crippen molar-refractivity contribution in [2.24, 2.45) is 5.73 Å². The maximum atomic E-state index is 9.48. The highest BCUT2D eigenvalue weighted by Gasteiger charge is 2.24. The molecule has 0 spiro atoms. The summed E-state index contributed by atoms with van der Waals surface area (Å²) in [6, 6.07) is 12.5. The molecule has 2 atom stereocenters. The first-order valence-corrected chi connectivity index (χ1v) is 8.27. The Hall–Kier alpha value is -1.42. The lowest BCUT2D eigenvalue weighted by Gasteiger charge is -2.14. The normalized spacial score (nSPS) is 21.5. The molecule has 0 aromatic heterocycles. The largest absolute Gasteiger partial charge is 0.392 e. The predicted octanol–water partition coefficient (Wildman–Crippen LogP) is 3.16. The molecule has 0 aliphatic carbocycles. The molecule has 3 rings (SSSR count). The van der Waals surface area contributed by atoms with Gasteiger partial charge in [-0.3, -0.25) is 0 Å². The van der Waals surface area contributed by atoms with Crippen molar-refractivity contribution < 1.29 is 9.84 Å². The molecule has 0 radical (unpaired) electrons. The van der Waals surface area contributed by atoms with Gasteiger partial charge in [-0.2, -0.15) is 0 Å². The van der Waals surface area contributed by atoms with Crippen molar-refractivity contribution in [3.63, 3.8) is 0 Å². The monoisotopic (exact) mass is 299 g/mol. The molecule has 2 aromatic carbocycles. The summed E-state index contributed by atoms with van der Waals surface area (Å²) in [6.45, 7) is 0.804. The minimum Gasteiger partial charge on any atom is -0.392 e. The molecular weight excluding hydrogens is 274 g/mol. The molecule has 1 fully saturated rings. The van der Waals surface area contributed by atoms with E-state index in [1.54, 1.807) is 0 Å². The Bertz CT molecular complexity index is 626. The lowest BCUT2D eigenvalue weighted by atomic mass is 9.96. The molecule has 1 aliphatic rings. The van der Waals surface area contributed by atoms with Gasteiger partial charge in [0.25, 0.3) is 0 Å². The van der Waals surface area contributed by atoms with E-state index in [9.17, 15) is 5.11 Å². The average molecular weight is 299 g/mol. The zero-order valence-corrected chi connectivity index (χ0v) is 13.0. The Kier molecular flexibility index (Phi) is 5.08. The van der Waals surface area contributed by atoms with E-state index in [0.717, 1.165) is 43.1 Å². The Morgan fingerprint density at radius 1 is 0.955 bits per heavy atom. The van der Waals surface area contributed by atoms with Crippen LogP contribution in [0.15, 0.2) is 36.4 Å². The fraction of sp³-hybridized carbons (Fsp3) is 0.474. The predicted molar refractivity (Wildman–Crippen MR) is 89.8 cm³/mol. The Morgan fingerprint density at radius 3 is 2.27 bits per heavy atom. The van der Waals surface area contributed by atoms with E-state index in [4.69, 9.17) is 10.5 Å². The van der Waals surface area contributed by atoms with Gasteiger partial charge < -0.3 is 15.6 Å². The van der Waals surface area contributed by atoms with Crippen LogP contribution in [0.3, 0.4) is 0 Å². The Labute approximate surface area is 132 Å². The summed E-state index contributed by atoms with van der Waals surface area (Å²) < 4.78 is 6.06. The highest BCUT2D eigenvalue weighted by molar-refractivity contribution is 5.88. The zero-order valence-electron chi connectivity index (χ0n) is 13.0. The maximum absolute atomic E-state index is 9.48. The smallest absolute Gasteiger partial charge is 0.0687 e. The number of benzene rings is 2. The zero-order chi connectivity index (χ0) is 15.4. The number of aliphatic hydroxyl groups excluding tert-OH is 1. The molecule has 3 heteroatoms. The minimum atomic E-state index is 0.0906. The first kappa shape index (κ1) is 15.5. The van der Waals surface area contributed by atoms with Gasteiger partial charge in [0.2, 0.25) is 0 Å². The fourth-order valence-electron chi connectivity index (χ4n) is 3.49. The van der Waals surface area contributed by atoms with Crippen LogP contribution in [0.5, 0.6) is 0 Å². The summed E-state index contributed by atoms with van der Waals surface area (Å²) in [5.41, 5.74) is 7.95. The van der Waals surface area contributed by atoms with E-state index in [-0.39, 0.29) is 6.61 Å². The van der Waals surface area contributed by atoms with Crippen LogP contribution >= 0.6 is 0 Å². The van der Waals surface area contributed by atoms with Crippen molar-refractivity contribution >= 4 is 10.8 Å². The van der Waals surface area contributed by atoms with Crippen LogP contribution < -0.4 is 5.73 Å². The van der Waals surface area contributed by atoms with Crippen LogP contribution in [0.25, 0.3) is 10.8 Å². The van der Waals surface area contributed by atoms with E-state index < -0.39 is 0 Å². The molecule has 1 heterocycles. The van der Waals surface area contributed by atoms with Crippen LogP contribution in [0, 0.1) is 0 Å². The molecule has 3 nitrogen and oxygen atoms in total. The molecule has 0 saturated carbocycles. The van der Waals surface area contributed by atoms with Crippen molar-refractivity contribution in [1.29, 1.82) is 0 Å². The van der Waals surface area contributed by atoms with Gasteiger partial charge in [-0.1, -0.05) is 36.4 Å². The highest BCUT2D eigenvalue weighted by atomic mass is 16.5. The van der Waals surface area contributed by atoms with E-state index in [1.807, 2.05) is 12.1 Å². The third-order valence-electron chi connectivity index (χ3n) is 4.69. The quantitative estimate of drug-likeness (QED) is 0.861. The molecule has 1 aliphatic heterocycles. The van der Waals surface area contributed by atoms with Gasteiger partial charge >= 0.3 is 0 Å². The van der Waals surface area contributed by atoms with E-state index in [1.165, 1.54) is 10.9 Å². The molecule has 2 aromatic rings. The van der Waals surface area contributed by atoms with Gasteiger partial charge in [-0.05, 0) is 60.5 Å². The molecule has 0 amide bonds. The summed E-state index contributed by atoms with van der Waals surface area (Å²) in [6.07, 6.45) is 6.08.